The highest BCUT2D eigenvalue weighted by Crippen LogP contribution is 2.39. The minimum atomic E-state index is -4.77. The predicted octanol–water partition coefficient (Wildman–Crippen LogP) is 5.24. The maximum absolute atomic E-state index is 15.7. The summed E-state index contributed by atoms with van der Waals surface area (Å²) in [6.45, 7) is 6.66. The first kappa shape index (κ1) is 81.5. The average Bonchev–Trinajstić information content (AvgIpc) is 1.16. The summed E-state index contributed by atoms with van der Waals surface area (Å²) in [5.41, 5.74) is -1.75. The molecule has 572 valence electrons. The zero-order chi connectivity index (χ0) is 76.1. The second-order valence-corrected chi connectivity index (χ2v) is 30.0. The van der Waals surface area contributed by atoms with Crippen molar-refractivity contribution < 1.29 is 75.4 Å². The van der Waals surface area contributed by atoms with Gasteiger partial charge in [-0.15, -0.1) is 0 Å². The number of aryl methyl sites for hydroxylation is 1. The first-order valence-electron chi connectivity index (χ1n) is 36.8. The molecule has 29 heteroatoms. The Morgan fingerprint density at radius 3 is 1.95 bits per heavy atom. The normalized spacial score (nSPS) is 26.8. The van der Waals surface area contributed by atoms with Crippen LogP contribution in [0.5, 0.6) is 0 Å². The van der Waals surface area contributed by atoms with Crippen LogP contribution in [-0.4, -0.2) is 264 Å². The molecule has 4 heterocycles. The molecule has 5 fully saturated rings. The maximum Gasteiger partial charge on any atom is 0.417 e. The van der Waals surface area contributed by atoms with Crippen LogP contribution in [0.4, 0.5) is 13.2 Å². The highest BCUT2D eigenvalue weighted by molar-refractivity contribution is 6.31. The van der Waals surface area contributed by atoms with Crippen molar-refractivity contribution in [3.63, 3.8) is 0 Å². The number of halogens is 4. The molecule has 12 amide bonds. The van der Waals surface area contributed by atoms with Gasteiger partial charge in [0, 0.05) is 74.9 Å². The van der Waals surface area contributed by atoms with Crippen molar-refractivity contribution in [1.82, 2.24) is 60.0 Å². The number of ether oxygens (including phenoxy) is 1. The van der Waals surface area contributed by atoms with E-state index in [2.05, 4.69) is 16.0 Å². The third-order valence-electron chi connectivity index (χ3n) is 22.0. The van der Waals surface area contributed by atoms with E-state index < -0.39 is 173 Å². The van der Waals surface area contributed by atoms with Crippen LogP contribution >= 0.6 is 11.6 Å². The number of amides is 12. The van der Waals surface area contributed by atoms with Crippen molar-refractivity contribution in [3.05, 3.63) is 82.4 Å². The molecule has 4 aliphatic heterocycles. The smallest absolute Gasteiger partial charge is 0.378 e. The molecule has 2 aromatic carbocycles. The third kappa shape index (κ3) is 19.7. The molecule has 2 aromatic rings. The van der Waals surface area contributed by atoms with Crippen molar-refractivity contribution >= 4 is 82.5 Å². The summed E-state index contributed by atoms with van der Waals surface area (Å²) >= 11 is 6.18. The first-order valence-corrected chi connectivity index (χ1v) is 37.2. The molecule has 9 atom stereocenters. The molecule has 0 aromatic heterocycles. The Labute approximate surface area is 613 Å². The van der Waals surface area contributed by atoms with Crippen LogP contribution < -0.4 is 16.0 Å². The van der Waals surface area contributed by atoms with Gasteiger partial charge in [-0.3, -0.25) is 57.5 Å². The lowest BCUT2D eigenvalue weighted by Gasteiger charge is -2.42. The second-order valence-electron chi connectivity index (χ2n) is 29.6. The highest BCUT2D eigenvalue weighted by atomic mass is 35.5. The Bertz CT molecular complexity index is 3470. The quantitative estimate of drug-likeness (QED) is 0.243. The van der Waals surface area contributed by atoms with E-state index in [1.807, 2.05) is 26.8 Å². The Kier molecular flexibility index (Phi) is 28.4. The number of rotatable bonds is 11. The number of alkyl halides is 3. The topological polar surface area (TPSA) is 279 Å². The molecular weight excluding hydrogens is 1370 g/mol. The van der Waals surface area contributed by atoms with Gasteiger partial charge in [0.05, 0.1) is 43.3 Å². The standard InChI is InChI=1S/C75H106ClF3N12O13/c1-11-48(4)63-71(101)84(6)46-62(94)85(7)56-27-16-13-21-35-91(70(56)100)59(43-49-23-14-12-15-24-49)68(98)83(5)45-60(92)80-54(32-30-50-29-31-52(53(76)42-50)75(77,78)79)67(97)90-36-22-28-55(90)66(96)82-74(33-19-20-34-74)73(103)88(10)64(51-25-17-18-26-51)72(102)87(9)58(69(99)89-37-39-104-40-38-89)44-61(93)86(8)57(41-47(2)3)65(95)81-63/h12-15,21,23-24,29,31,42,47-48,51,54-59,63-64H,11,16-20,22,25-28,30,32-41,43-46H2,1-10H3,(H,80,92)(H,81,95)(H,82,96)/b21-13-/t48-,54-,55-,56-,57-,58-,59-,63-,64-/m0/s1. The summed E-state index contributed by atoms with van der Waals surface area (Å²) in [5.74, 6) is -9.16. The molecule has 1 spiro atoms. The number of fused-ring (bicyclic) bond motifs is 3. The number of nitrogens with one attached hydrogen (secondary N) is 3. The lowest BCUT2D eigenvalue weighted by atomic mass is 9.90. The van der Waals surface area contributed by atoms with Crippen LogP contribution in [0, 0.1) is 17.8 Å². The highest BCUT2D eigenvalue weighted by Gasteiger charge is 2.52. The number of allylic oxidation sites excluding steroid dienone is 1. The van der Waals surface area contributed by atoms with Gasteiger partial charge in [0.1, 0.15) is 53.9 Å². The van der Waals surface area contributed by atoms with Crippen molar-refractivity contribution in [1.29, 1.82) is 0 Å². The molecule has 0 radical (unpaired) electrons. The fourth-order valence-electron chi connectivity index (χ4n) is 15.5. The zero-order valence-electron chi connectivity index (χ0n) is 61.9. The number of likely N-dealkylation sites (N-methyl/N-ethyl adjacent to an activating group) is 6. The molecule has 104 heavy (non-hydrogen) atoms. The van der Waals surface area contributed by atoms with E-state index in [1.165, 1.54) is 82.7 Å². The van der Waals surface area contributed by atoms with E-state index >= 15 is 38.4 Å². The molecule has 3 N–H and O–H groups in total. The fraction of sp³-hybridized carbons (Fsp3) is 0.653. The number of hydrogen-bond acceptors (Lipinski definition) is 13. The summed E-state index contributed by atoms with van der Waals surface area (Å²) < 4.78 is 47.4. The Balaban J connectivity index is 1.20. The molecule has 3 saturated heterocycles. The number of nitrogens with zero attached hydrogens (tertiary/aromatic N) is 9. The van der Waals surface area contributed by atoms with Gasteiger partial charge in [0.2, 0.25) is 70.9 Å². The van der Waals surface area contributed by atoms with Crippen LogP contribution in [0.3, 0.4) is 0 Å². The van der Waals surface area contributed by atoms with Gasteiger partial charge < -0.3 is 64.8 Å². The van der Waals surface area contributed by atoms with E-state index in [0.29, 0.717) is 50.5 Å². The Morgan fingerprint density at radius 1 is 0.654 bits per heavy atom. The SMILES string of the molecule is CC[C@H](C)[C@@H]1NC(=O)[C@H](CC(C)C)N(C)C(=O)C[C@@H](C(=O)N2CCOCC2)N(C)C(=O)[C@H](C2CCCC2)N(C)C(=O)C2(CCCC2)NC(=O)[C@@H]2CCCN2C(=O)[C@H](CCc2ccc(C(F)(F)F)c(Cl)c2)NC(=O)CN(C)C(=O)[C@H](Cc2ccccc2)N2C/C=C\CC[C@@H](C2=O)N(C)C(=O)CN(C)C1=O. The largest absolute Gasteiger partial charge is 0.417 e. The van der Waals surface area contributed by atoms with Crippen LogP contribution in [0.2, 0.25) is 5.02 Å². The number of benzene rings is 2. The molecule has 2 bridgehead atoms. The number of morpholine rings is 1. The van der Waals surface area contributed by atoms with Gasteiger partial charge in [-0.05, 0) is 112 Å². The number of hydrogen-bond donors (Lipinski definition) is 3. The third-order valence-corrected chi connectivity index (χ3v) is 22.3. The summed E-state index contributed by atoms with van der Waals surface area (Å²) in [4.78, 5) is 193. The monoisotopic (exact) mass is 1470 g/mol. The summed E-state index contributed by atoms with van der Waals surface area (Å²) in [6.07, 6.45) is 2.99. The van der Waals surface area contributed by atoms with E-state index in [0.717, 1.165) is 34.8 Å². The van der Waals surface area contributed by atoms with Crippen molar-refractivity contribution in [2.24, 2.45) is 17.8 Å². The van der Waals surface area contributed by atoms with Crippen molar-refractivity contribution in [2.75, 3.05) is 94.8 Å². The van der Waals surface area contributed by atoms with Crippen molar-refractivity contribution in [3.8, 4) is 0 Å². The van der Waals surface area contributed by atoms with Gasteiger partial charge >= 0.3 is 6.18 Å². The Morgan fingerprint density at radius 2 is 1.32 bits per heavy atom. The van der Waals surface area contributed by atoms with Gasteiger partial charge in [-0.1, -0.05) is 120 Å². The summed E-state index contributed by atoms with van der Waals surface area (Å²) in [7, 11) is 8.52. The fourth-order valence-corrected chi connectivity index (χ4v) is 15.9. The predicted molar refractivity (Wildman–Crippen MR) is 381 cm³/mol. The van der Waals surface area contributed by atoms with E-state index in [4.69, 9.17) is 16.3 Å². The molecule has 6 aliphatic rings. The molecule has 25 nitrogen and oxygen atoms in total. The zero-order valence-corrected chi connectivity index (χ0v) is 62.6. The van der Waals surface area contributed by atoms with Crippen LogP contribution in [0.25, 0.3) is 0 Å². The van der Waals surface area contributed by atoms with Gasteiger partial charge in [-0.2, -0.15) is 13.2 Å². The van der Waals surface area contributed by atoms with Crippen molar-refractivity contribution in [2.45, 2.75) is 203 Å². The Hall–Kier alpha value is -8.14. The molecule has 0 unspecified atom stereocenters. The van der Waals surface area contributed by atoms with E-state index in [9.17, 15) is 32.3 Å². The lowest BCUT2D eigenvalue weighted by Crippen LogP contribution is -2.65. The number of carbonyl (C=O) groups is 12. The summed E-state index contributed by atoms with van der Waals surface area (Å²) in [6, 6.07) is 1.71. The lowest BCUT2D eigenvalue weighted by molar-refractivity contribution is -0.157. The minimum absolute atomic E-state index is 0.0161. The van der Waals surface area contributed by atoms with Gasteiger partial charge in [-0.25, -0.2) is 0 Å². The first-order chi connectivity index (χ1) is 49.3. The molecule has 2 aliphatic carbocycles. The minimum Gasteiger partial charge on any atom is -0.378 e. The van der Waals surface area contributed by atoms with Gasteiger partial charge in [0.25, 0.3) is 0 Å². The van der Waals surface area contributed by atoms with Crippen LogP contribution in [0.15, 0.2) is 60.7 Å². The molecule has 2 saturated carbocycles. The van der Waals surface area contributed by atoms with Crippen LogP contribution in [0.1, 0.15) is 147 Å². The average molecular weight is 1480 g/mol. The van der Waals surface area contributed by atoms with Crippen LogP contribution in [-0.2, 0) is 81.3 Å². The van der Waals surface area contributed by atoms with E-state index in [-0.39, 0.29) is 102 Å². The molecular formula is C75H106ClF3N12O13. The molecule has 8 rings (SSSR count). The summed E-state index contributed by atoms with van der Waals surface area (Å²) in [5, 5.41) is 8.17. The van der Waals surface area contributed by atoms with Gasteiger partial charge in [0.15, 0.2) is 0 Å². The second kappa shape index (κ2) is 36.2. The number of carbonyl (C=O) groups excluding carboxylic acids is 12. The van der Waals surface area contributed by atoms with E-state index in [1.54, 1.807) is 43.3 Å². The maximum atomic E-state index is 15.7.